The molecular formula is C7H17ClO2Si. The second-order valence-corrected chi connectivity index (χ2v) is 6.38. The van der Waals surface area contributed by atoms with E-state index in [1.54, 1.807) is 7.11 Å². The molecule has 68 valence electrons. The number of unbranched alkanes of at least 4 members (excludes halogenated alkanes) is 1. The first-order chi connectivity index (χ1) is 5.18. The molecule has 0 heterocycles. The van der Waals surface area contributed by atoms with Crippen LogP contribution in [0.5, 0.6) is 0 Å². The number of alkyl halides is 1. The molecule has 0 aliphatic heterocycles. The molecule has 0 fully saturated rings. The summed E-state index contributed by atoms with van der Waals surface area (Å²) < 4.78 is 10.7. The molecule has 0 rings (SSSR count). The summed E-state index contributed by atoms with van der Waals surface area (Å²) in [5.74, 6) is 0. The molecular weight excluding hydrogens is 180 g/mol. The number of hydrogen-bond acceptors (Lipinski definition) is 2. The molecule has 0 radical (unpaired) electrons. The summed E-state index contributed by atoms with van der Waals surface area (Å²) in [6, 6.07) is 1.28. The third-order valence-corrected chi connectivity index (χ3v) is 4.95. The third-order valence-electron chi connectivity index (χ3n) is 1.78. The summed E-state index contributed by atoms with van der Waals surface area (Å²) in [5, 5.41) is 0. The summed E-state index contributed by atoms with van der Waals surface area (Å²) in [6.07, 6.45) is 2.34. The highest BCUT2D eigenvalue weighted by Gasteiger charge is 2.28. The maximum absolute atomic E-state index is 5.48. The zero-order valence-electron chi connectivity index (χ0n) is 7.52. The van der Waals surface area contributed by atoms with E-state index in [2.05, 4.69) is 6.92 Å². The van der Waals surface area contributed by atoms with Crippen molar-refractivity contribution in [3.63, 3.8) is 0 Å². The van der Waals surface area contributed by atoms with Crippen LogP contribution >= 0.6 is 11.6 Å². The van der Waals surface area contributed by atoms with Crippen molar-refractivity contribution < 1.29 is 8.85 Å². The van der Waals surface area contributed by atoms with Gasteiger partial charge in [-0.1, -0.05) is 31.4 Å². The predicted octanol–water partition coefficient (Wildman–Crippen LogP) is 2.72. The van der Waals surface area contributed by atoms with Gasteiger partial charge < -0.3 is 8.85 Å². The summed E-state index contributed by atoms with van der Waals surface area (Å²) in [6.45, 7) is 4.20. The normalized spacial score (nSPS) is 16.4. The largest absolute Gasteiger partial charge is 0.398 e. The Labute approximate surface area is 75.1 Å². The number of hydrogen-bond donors (Lipinski definition) is 0. The molecule has 0 aliphatic rings. The molecule has 0 aromatic rings. The van der Waals surface area contributed by atoms with Crippen LogP contribution in [-0.2, 0) is 8.85 Å². The van der Waals surface area contributed by atoms with Crippen molar-refractivity contribution in [1.29, 1.82) is 0 Å². The van der Waals surface area contributed by atoms with E-state index >= 15 is 0 Å². The van der Waals surface area contributed by atoms with E-state index in [-0.39, 0.29) is 6.07 Å². The molecule has 0 saturated heterocycles. The van der Waals surface area contributed by atoms with Crippen molar-refractivity contribution in [3.05, 3.63) is 0 Å². The van der Waals surface area contributed by atoms with E-state index in [0.29, 0.717) is 0 Å². The lowest BCUT2D eigenvalue weighted by Gasteiger charge is -2.23. The molecule has 2 nitrogen and oxygen atoms in total. The summed E-state index contributed by atoms with van der Waals surface area (Å²) in [5.41, 5.74) is 0. The Morgan fingerprint density at radius 1 is 1.45 bits per heavy atom. The topological polar surface area (TPSA) is 18.5 Å². The molecule has 1 unspecified atom stereocenters. The molecule has 0 saturated carbocycles. The van der Waals surface area contributed by atoms with Gasteiger partial charge in [0, 0.05) is 7.11 Å². The lowest BCUT2D eigenvalue weighted by molar-refractivity contribution is 0.236. The van der Waals surface area contributed by atoms with Gasteiger partial charge in [0.15, 0.2) is 0 Å². The summed E-state index contributed by atoms with van der Waals surface area (Å²) in [7, 11) is -0.173. The fraction of sp³-hybridized carbons (Fsp3) is 1.00. The second kappa shape index (κ2) is 6.00. The van der Waals surface area contributed by atoms with E-state index in [9.17, 15) is 0 Å². The van der Waals surface area contributed by atoms with Gasteiger partial charge in [0.25, 0.3) is 0 Å². The van der Waals surface area contributed by atoms with Gasteiger partial charge in [0.2, 0.25) is 0 Å². The molecule has 1 atom stereocenters. The minimum atomic E-state index is -1.88. The first kappa shape index (κ1) is 11.4. The van der Waals surface area contributed by atoms with E-state index in [0.717, 1.165) is 12.5 Å². The van der Waals surface area contributed by atoms with Crippen LogP contribution in [0.1, 0.15) is 19.8 Å². The highest BCUT2D eigenvalue weighted by molar-refractivity contribution is 6.66. The smallest absolute Gasteiger partial charge is 0.335 e. The average molecular weight is 197 g/mol. The molecule has 0 N–H and O–H groups in total. The van der Waals surface area contributed by atoms with Crippen LogP contribution in [0.2, 0.25) is 12.6 Å². The van der Waals surface area contributed by atoms with Crippen LogP contribution in [-0.4, -0.2) is 21.7 Å². The van der Waals surface area contributed by atoms with Crippen molar-refractivity contribution in [2.75, 3.05) is 13.2 Å². The SMILES string of the molecule is CCCC[Si](C)(OC)OCCl. The van der Waals surface area contributed by atoms with E-state index in [1.807, 2.05) is 6.55 Å². The first-order valence-corrected chi connectivity index (χ1v) is 6.99. The quantitative estimate of drug-likeness (QED) is 0.481. The van der Waals surface area contributed by atoms with Gasteiger partial charge in [-0.05, 0) is 12.6 Å². The molecule has 0 bridgehead atoms. The van der Waals surface area contributed by atoms with Gasteiger partial charge in [-0.2, -0.15) is 0 Å². The molecule has 0 aromatic heterocycles. The highest BCUT2D eigenvalue weighted by atomic mass is 35.5. The van der Waals surface area contributed by atoms with Gasteiger partial charge >= 0.3 is 8.56 Å². The minimum absolute atomic E-state index is 0.250. The van der Waals surface area contributed by atoms with Crippen LogP contribution in [0, 0.1) is 0 Å². The Hall–Kier alpha value is 0.427. The van der Waals surface area contributed by atoms with Gasteiger partial charge in [-0.15, -0.1) is 0 Å². The Morgan fingerprint density at radius 3 is 2.45 bits per heavy atom. The zero-order valence-corrected chi connectivity index (χ0v) is 9.28. The summed E-state index contributed by atoms with van der Waals surface area (Å²) >= 11 is 5.48. The fourth-order valence-corrected chi connectivity index (χ4v) is 3.23. The van der Waals surface area contributed by atoms with E-state index in [4.69, 9.17) is 20.5 Å². The molecule has 0 aromatic carbocycles. The predicted molar refractivity (Wildman–Crippen MR) is 50.1 cm³/mol. The fourth-order valence-electron chi connectivity index (χ4n) is 0.846. The number of rotatable bonds is 6. The van der Waals surface area contributed by atoms with Gasteiger partial charge in [0.1, 0.15) is 6.07 Å². The lowest BCUT2D eigenvalue weighted by Crippen LogP contribution is -2.36. The Morgan fingerprint density at radius 2 is 2.09 bits per heavy atom. The Kier molecular flexibility index (Phi) is 6.23. The van der Waals surface area contributed by atoms with Gasteiger partial charge in [-0.3, -0.25) is 0 Å². The van der Waals surface area contributed by atoms with E-state index in [1.165, 1.54) is 6.42 Å². The van der Waals surface area contributed by atoms with Crippen molar-refractivity contribution in [1.82, 2.24) is 0 Å². The highest BCUT2D eigenvalue weighted by Crippen LogP contribution is 2.16. The minimum Gasteiger partial charge on any atom is -0.398 e. The maximum atomic E-state index is 5.48. The molecule has 0 amide bonds. The lowest BCUT2D eigenvalue weighted by atomic mass is 10.4. The van der Waals surface area contributed by atoms with Gasteiger partial charge in [-0.25, -0.2) is 0 Å². The molecule has 0 aliphatic carbocycles. The number of halogens is 1. The molecule has 4 heteroatoms. The second-order valence-electron chi connectivity index (χ2n) is 2.69. The first-order valence-electron chi connectivity index (χ1n) is 3.93. The zero-order chi connectivity index (χ0) is 8.74. The van der Waals surface area contributed by atoms with Crippen LogP contribution in [0.15, 0.2) is 0 Å². The van der Waals surface area contributed by atoms with Crippen LogP contribution in [0.4, 0.5) is 0 Å². The van der Waals surface area contributed by atoms with Crippen LogP contribution in [0.25, 0.3) is 0 Å². The van der Waals surface area contributed by atoms with Crippen LogP contribution < -0.4 is 0 Å². The van der Waals surface area contributed by atoms with Crippen molar-refractivity contribution in [2.24, 2.45) is 0 Å². The van der Waals surface area contributed by atoms with Crippen LogP contribution in [0.3, 0.4) is 0 Å². The van der Waals surface area contributed by atoms with Crippen molar-refractivity contribution in [2.45, 2.75) is 32.4 Å². The monoisotopic (exact) mass is 196 g/mol. The van der Waals surface area contributed by atoms with E-state index < -0.39 is 8.56 Å². The summed E-state index contributed by atoms with van der Waals surface area (Å²) in [4.78, 5) is 0. The Balaban J connectivity index is 3.68. The molecule has 0 spiro atoms. The average Bonchev–Trinajstić information content (AvgIpc) is 2.02. The maximum Gasteiger partial charge on any atom is 0.335 e. The van der Waals surface area contributed by atoms with Gasteiger partial charge in [0.05, 0.1) is 0 Å². The standard InChI is InChI=1S/C7H17ClO2Si/c1-4-5-6-11(3,9-2)10-7-8/h4-7H2,1-3H3. The van der Waals surface area contributed by atoms with Crippen molar-refractivity contribution in [3.8, 4) is 0 Å². The molecule has 11 heavy (non-hydrogen) atoms. The Bertz CT molecular complexity index is 102. The van der Waals surface area contributed by atoms with Crippen molar-refractivity contribution >= 4 is 20.2 Å². The third kappa shape index (κ3) is 4.79.